The number of rotatable bonds is 3. The van der Waals surface area contributed by atoms with Crippen molar-refractivity contribution in [1.82, 2.24) is 9.97 Å². The maximum Gasteiger partial charge on any atom is 0.123 e. The summed E-state index contributed by atoms with van der Waals surface area (Å²) in [6.45, 7) is 2.35. The first-order valence-electron chi connectivity index (χ1n) is 6.89. The number of benzene rings is 2. The number of aryl methyl sites for hydroxylation is 1. The topological polar surface area (TPSA) is 37.8 Å². The number of hydrogen-bond donors (Lipinski definition) is 1. The third-order valence-electron chi connectivity index (χ3n) is 3.35. The second-order valence-electron chi connectivity index (χ2n) is 4.93. The lowest BCUT2D eigenvalue weighted by Gasteiger charge is -2.08. The molecule has 0 atom stereocenters. The van der Waals surface area contributed by atoms with E-state index in [4.69, 9.17) is 6.42 Å². The van der Waals surface area contributed by atoms with Crippen molar-refractivity contribution in [3.8, 4) is 23.6 Å². The standard InChI is InChI=1S/C18H14FN3/c1-3-10-20-15-8-9-16-17(11-15)22-18(12(2)21-16)13-4-6-14(19)7-5-13/h1,4-9,11,20H,10H2,2H3. The number of fused-ring (bicyclic) bond motifs is 1. The molecule has 0 spiro atoms. The minimum Gasteiger partial charge on any atom is -0.374 e. The molecule has 0 amide bonds. The van der Waals surface area contributed by atoms with Crippen LogP contribution < -0.4 is 5.32 Å². The van der Waals surface area contributed by atoms with Gasteiger partial charge in [0.2, 0.25) is 0 Å². The van der Waals surface area contributed by atoms with E-state index in [1.54, 1.807) is 12.1 Å². The van der Waals surface area contributed by atoms with E-state index in [9.17, 15) is 4.39 Å². The number of terminal acetylenes is 1. The summed E-state index contributed by atoms with van der Waals surface area (Å²) in [5, 5.41) is 3.11. The highest BCUT2D eigenvalue weighted by Gasteiger charge is 2.08. The molecule has 22 heavy (non-hydrogen) atoms. The Hall–Kier alpha value is -2.93. The number of aromatic nitrogens is 2. The third kappa shape index (κ3) is 2.75. The number of anilines is 1. The zero-order valence-electron chi connectivity index (χ0n) is 12.1. The van der Waals surface area contributed by atoms with Crippen LogP contribution in [0.25, 0.3) is 22.3 Å². The SMILES string of the molecule is C#CCNc1ccc2nc(C)c(-c3ccc(F)cc3)nc2c1. The van der Waals surface area contributed by atoms with Crippen molar-refractivity contribution >= 4 is 16.7 Å². The monoisotopic (exact) mass is 291 g/mol. The molecule has 1 aromatic heterocycles. The summed E-state index contributed by atoms with van der Waals surface area (Å²) in [6, 6.07) is 12.0. The van der Waals surface area contributed by atoms with Gasteiger partial charge < -0.3 is 5.32 Å². The predicted octanol–water partition coefficient (Wildman–Crippen LogP) is 3.79. The Morgan fingerprint density at radius 3 is 2.59 bits per heavy atom. The number of nitrogens with zero attached hydrogens (tertiary/aromatic N) is 2. The van der Waals surface area contributed by atoms with Crippen LogP contribution in [0.15, 0.2) is 42.5 Å². The largest absolute Gasteiger partial charge is 0.374 e. The fourth-order valence-electron chi connectivity index (χ4n) is 2.29. The average Bonchev–Trinajstić information content (AvgIpc) is 2.53. The summed E-state index contributed by atoms with van der Waals surface area (Å²) in [4.78, 5) is 9.24. The van der Waals surface area contributed by atoms with Crippen molar-refractivity contribution in [2.24, 2.45) is 0 Å². The van der Waals surface area contributed by atoms with E-state index in [1.165, 1.54) is 12.1 Å². The molecule has 0 aliphatic rings. The van der Waals surface area contributed by atoms with Crippen LogP contribution in [0.1, 0.15) is 5.69 Å². The molecule has 0 aliphatic heterocycles. The molecule has 0 unspecified atom stereocenters. The molecule has 4 heteroatoms. The van der Waals surface area contributed by atoms with Crippen molar-refractivity contribution < 1.29 is 4.39 Å². The van der Waals surface area contributed by atoms with Crippen LogP contribution in [-0.2, 0) is 0 Å². The zero-order chi connectivity index (χ0) is 15.5. The van der Waals surface area contributed by atoms with Crippen LogP contribution >= 0.6 is 0 Å². The maximum absolute atomic E-state index is 13.1. The molecule has 0 saturated carbocycles. The van der Waals surface area contributed by atoms with E-state index in [2.05, 4.69) is 21.2 Å². The molecule has 0 radical (unpaired) electrons. The highest BCUT2D eigenvalue weighted by molar-refractivity contribution is 5.81. The van der Waals surface area contributed by atoms with Gasteiger partial charge in [-0.05, 0) is 49.4 Å². The van der Waals surface area contributed by atoms with Crippen LogP contribution in [0.2, 0.25) is 0 Å². The van der Waals surface area contributed by atoms with Gasteiger partial charge in [-0.2, -0.15) is 0 Å². The first kappa shape index (κ1) is 14.0. The lowest BCUT2D eigenvalue weighted by molar-refractivity contribution is 0.628. The minimum atomic E-state index is -0.268. The summed E-state index contributed by atoms with van der Waals surface area (Å²) in [6.07, 6.45) is 5.25. The zero-order valence-corrected chi connectivity index (χ0v) is 12.1. The maximum atomic E-state index is 13.1. The smallest absolute Gasteiger partial charge is 0.123 e. The average molecular weight is 291 g/mol. The first-order valence-corrected chi connectivity index (χ1v) is 6.89. The van der Waals surface area contributed by atoms with Crippen LogP contribution in [0, 0.1) is 25.1 Å². The van der Waals surface area contributed by atoms with Gasteiger partial charge in [-0.1, -0.05) is 5.92 Å². The molecule has 0 aliphatic carbocycles. The highest BCUT2D eigenvalue weighted by atomic mass is 19.1. The van der Waals surface area contributed by atoms with Crippen LogP contribution in [0.4, 0.5) is 10.1 Å². The van der Waals surface area contributed by atoms with Gasteiger partial charge in [0.1, 0.15) is 5.82 Å². The van der Waals surface area contributed by atoms with Gasteiger partial charge in [-0.15, -0.1) is 6.42 Å². The normalized spacial score (nSPS) is 10.4. The van der Waals surface area contributed by atoms with E-state index in [1.807, 2.05) is 25.1 Å². The fraction of sp³-hybridized carbons (Fsp3) is 0.111. The first-order chi connectivity index (χ1) is 10.7. The lowest BCUT2D eigenvalue weighted by Crippen LogP contribution is -1.99. The van der Waals surface area contributed by atoms with Crippen LogP contribution in [-0.4, -0.2) is 16.5 Å². The molecule has 3 aromatic rings. The van der Waals surface area contributed by atoms with Crippen LogP contribution in [0.3, 0.4) is 0 Å². The number of hydrogen-bond acceptors (Lipinski definition) is 3. The summed E-state index contributed by atoms with van der Waals surface area (Å²) in [5.74, 6) is 2.27. The molecule has 3 nitrogen and oxygen atoms in total. The number of halogens is 1. The second-order valence-corrected chi connectivity index (χ2v) is 4.93. The van der Waals surface area contributed by atoms with Gasteiger partial charge in [0.25, 0.3) is 0 Å². The molecule has 2 aromatic carbocycles. The Morgan fingerprint density at radius 2 is 1.86 bits per heavy atom. The van der Waals surface area contributed by atoms with Gasteiger partial charge in [-0.3, -0.25) is 0 Å². The molecule has 1 heterocycles. The van der Waals surface area contributed by atoms with Crippen molar-refractivity contribution in [3.05, 3.63) is 54.0 Å². The molecule has 0 fully saturated rings. The molecule has 0 bridgehead atoms. The molecular formula is C18H14FN3. The molecule has 108 valence electrons. The van der Waals surface area contributed by atoms with E-state index in [0.29, 0.717) is 6.54 Å². The van der Waals surface area contributed by atoms with Crippen molar-refractivity contribution in [1.29, 1.82) is 0 Å². The Labute approximate surface area is 128 Å². The van der Waals surface area contributed by atoms with Gasteiger partial charge in [0.05, 0.1) is 29.0 Å². The van der Waals surface area contributed by atoms with E-state index in [-0.39, 0.29) is 5.82 Å². The quantitative estimate of drug-likeness (QED) is 0.746. The highest BCUT2D eigenvalue weighted by Crippen LogP contribution is 2.24. The van der Waals surface area contributed by atoms with Gasteiger partial charge >= 0.3 is 0 Å². The Bertz CT molecular complexity index is 864. The molecule has 3 rings (SSSR count). The molecular weight excluding hydrogens is 277 g/mol. The third-order valence-corrected chi connectivity index (χ3v) is 3.35. The lowest BCUT2D eigenvalue weighted by atomic mass is 10.1. The predicted molar refractivity (Wildman–Crippen MR) is 87.0 cm³/mol. The second kappa shape index (κ2) is 5.82. The van der Waals surface area contributed by atoms with Gasteiger partial charge in [0.15, 0.2) is 0 Å². The molecule has 1 N–H and O–H groups in total. The Morgan fingerprint density at radius 1 is 1.09 bits per heavy atom. The van der Waals surface area contributed by atoms with Gasteiger partial charge in [0, 0.05) is 11.3 Å². The van der Waals surface area contributed by atoms with Crippen molar-refractivity contribution in [3.63, 3.8) is 0 Å². The Kier molecular flexibility index (Phi) is 3.71. The minimum absolute atomic E-state index is 0.268. The van der Waals surface area contributed by atoms with Crippen molar-refractivity contribution in [2.45, 2.75) is 6.92 Å². The summed E-state index contributed by atoms with van der Waals surface area (Å²) in [5.41, 5.74) is 4.88. The van der Waals surface area contributed by atoms with Gasteiger partial charge in [-0.25, -0.2) is 14.4 Å². The number of nitrogens with one attached hydrogen (secondary N) is 1. The Balaban J connectivity index is 2.09. The summed E-state index contributed by atoms with van der Waals surface area (Å²) >= 11 is 0. The van der Waals surface area contributed by atoms with E-state index < -0.39 is 0 Å². The van der Waals surface area contributed by atoms with E-state index in [0.717, 1.165) is 33.7 Å². The fourth-order valence-corrected chi connectivity index (χ4v) is 2.29. The summed E-state index contributed by atoms with van der Waals surface area (Å²) in [7, 11) is 0. The van der Waals surface area contributed by atoms with Crippen LogP contribution in [0.5, 0.6) is 0 Å². The van der Waals surface area contributed by atoms with Crippen molar-refractivity contribution in [2.75, 3.05) is 11.9 Å². The summed E-state index contributed by atoms with van der Waals surface area (Å²) < 4.78 is 13.1. The van der Waals surface area contributed by atoms with E-state index >= 15 is 0 Å². The molecule has 0 saturated heterocycles.